The molecule has 0 bridgehead atoms. The van der Waals surface area contributed by atoms with Gasteiger partial charge in [0.15, 0.2) is 0 Å². The molecule has 26 heavy (non-hydrogen) atoms. The van der Waals surface area contributed by atoms with E-state index >= 15 is 0 Å². The highest BCUT2D eigenvalue weighted by Gasteiger charge is 1.94. The highest BCUT2D eigenvalue weighted by Crippen LogP contribution is 2.09. The molecule has 2 N–H and O–H groups in total. The van der Waals surface area contributed by atoms with Crippen molar-refractivity contribution < 1.29 is 4.79 Å². The van der Waals surface area contributed by atoms with Crippen molar-refractivity contribution >= 4 is 5.91 Å². The van der Waals surface area contributed by atoms with Crippen molar-refractivity contribution in [2.75, 3.05) is 0 Å². The van der Waals surface area contributed by atoms with Crippen LogP contribution in [0.3, 0.4) is 0 Å². The van der Waals surface area contributed by atoms with Crippen molar-refractivity contribution in [3.05, 3.63) is 12.2 Å². The van der Waals surface area contributed by atoms with Crippen LogP contribution in [0, 0.1) is 0 Å². The molecule has 0 aliphatic carbocycles. The summed E-state index contributed by atoms with van der Waals surface area (Å²) >= 11 is 0. The first kappa shape index (κ1) is 27.4. The third-order valence-corrected chi connectivity index (χ3v) is 4.64. The molecule has 0 aromatic rings. The molecule has 156 valence electrons. The maximum absolute atomic E-state index is 10.5. The molecule has 0 rings (SSSR count). The van der Waals surface area contributed by atoms with Crippen LogP contribution < -0.4 is 5.73 Å². The molecule has 0 aromatic heterocycles. The normalized spacial score (nSPS) is 10.7. The highest BCUT2D eigenvalue weighted by atomic mass is 16.1. The van der Waals surface area contributed by atoms with Crippen molar-refractivity contribution in [3.8, 4) is 0 Å². The van der Waals surface area contributed by atoms with Crippen molar-refractivity contribution in [1.29, 1.82) is 0 Å². The van der Waals surface area contributed by atoms with Gasteiger partial charge in [0.2, 0.25) is 5.91 Å². The van der Waals surface area contributed by atoms with Crippen LogP contribution in [0.25, 0.3) is 0 Å². The lowest BCUT2D eigenvalue weighted by atomic mass is 10.1. The Morgan fingerprint density at radius 3 is 1.35 bits per heavy atom. The lowest BCUT2D eigenvalue weighted by Gasteiger charge is -1.99. The monoisotopic (exact) mass is 367 g/mol. The van der Waals surface area contributed by atoms with E-state index in [4.69, 9.17) is 5.73 Å². The number of nitrogens with two attached hydrogens (primary N) is 1. The Bertz CT molecular complexity index is 282. The Labute approximate surface area is 165 Å². The molecule has 0 spiro atoms. The molecule has 0 fully saturated rings. The SMILES string of the molecule is CCCCCC.CCCCCCCC/C=C\CCCCCCCC(N)=O. The van der Waals surface area contributed by atoms with E-state index in [1.807, 2.05) is 0 Å². The Morgan fingerprint density at radius 1 is 0.577 bits per heavy atom. The van der Waals surface area contributed by atoms with Crippen molar-refractivity contribution in [1.82, 2.24) is 0 Å². The molecule has 0 atom stereocenters. The smallest absolute Gasteiger partial charge is 0.217 e. The third-order valence-electron chi connectivity index (χ3n) is 4.64. The third kappa shape index (κ3) is 31.0. The molecule has 0 aliphatic heterocycles. The zero-order valence-electron chi connectivity index (χ0n) is 18.4. The lowest BCUT2D eigenvalue weighted by molar-refractivity contribution is -0.118. The summed E-state index contributed by atoms with van der Waals surface area (Å²) in [6.45, 7) is 6.73. The predicted octanol–water partition coefficient (Wildman–Crippen LogP) is 8.10. The number of rotatable bonds is 18. The van der Waals surface area contributed by atoms with E-state index in [-0.39, 0.29) is 5.91 Å². The van der Waals surface area contributed by atoms with Crippen LogP contribution in [-0.4, -0.2) is 5.91 Å². The Kier molecular flexibility index (Phi) is 27.9. The number of hydrogen-bond acceptors (Lipinski definition) is 1. The number of carbonyl (C=O) groups excluding carboxylic acids is 1. The molecule has 2 nitrogen and oxygen atoms in total. The van der Waals surface area contributed by atoms with Crippen LogP contribution in [0.5, 0.6) is 0 Å². The molecule has 2 heteroatoms. The molecule has 0 saturated carbocycles. The molecule has 0 radical (unpaired) electrons. The average Bonchev–Trinajstić information content (AvgIpc) is 2.63. The summed E-state index contributed by atoms with van der Waals surface area (Å²) < 4.78 is 0. The summed E-state index contributed by atoms with van der Waals surface area (Å²) in [6.07, 6.45) is 27.5. The Balaban J connectivity index is 0. The van der Waals surface area contributed by atoms with Crippen molar-refractivity contribution in [2.24, 2.45) is 5.73 Å². The highest BCUT2D eigenvalue weighted by molar-refractivity contribution is 5.73. The minimum atomic E-state index is -0.164. The van der Waals surface area contributed by atoms with Gasteiger partial charge in [-0.3, -0.25) is 4.79 Å². The fourth-order valence-corrected chi connectivity index (χ4v) is 2.87. The maximum Gasteiger partial charge on any atom is 0.217 e. The largest absolute Gasteiger partial charge is 0.370 e. The average molecular weight is 368 g/mol. The molecular formula is C24H49NO. The minimum Gasteiger partial charge on any atom is -0.370 e. The predicted molar refractivity (Wildman–Crippen MR) is 118 cm³/mol. The fourth-order valence-electron chi connectivity index (χ4n) is 2.87. The first-order valence-electron chi connectivity index (χ1n) is 11.6. The number of carbonyl (C=O) groups is 1. The topological polar surface area (TPSA) is 43.1 Å². The second-order valence-corrected chi connectivity index (χ2v) is 7.51. The van der Waals surface area contributed by atoms with E-state index in [0.717, 1.165) is 12.8 Å². The number of unbranched alkanes of at least 4 members (excludes halogenated alkanes) is 14. The van der Waals surface area contributed by atoms with Crippen LogP contribution in [0.4, 0.5) is 0 Å². The van der Waals surface area contributed by atoms with Crippen molar-refractivity contribution in [3.63, 3.8) is 0 Å². The summed E-state index contributed by atoms with van der Waals surface area (Å²) in [5, 5.41) is 0. The van der Waals surface area contributed by atoms with Crippen LogP contribution in [-0.2, 0) is 4.79 Å². The second-order valence-electron chi connectivity index (χ2n) is 7.51. The van der Waals surface area contributed by atoms with Gasteiger partial charge in [-0.05, 0) is 32.1 Å². The molecule has 0 aromatic carbocycles. The summed E-state index contributed by atoms with van der Waals surface area (Å²) in [6, 6.07) is 0. The summed E-state index contributed by atoms with van der Waals surface area (Å²) in [5.41, 5.74) is 5.10. The maximum atomic E-state index is 10.5. The van der Waals surface area contributed by atoms with E-state index in [0.29, 0.717) is 6.42 Å². The van der Waals surface area contributed by atoms with Gasteiger partial charge in [-0.2, -0.15) is 0 Å². The number of primary amides is 1. The van der Waals surface area contributed by atoms with Gasteiger partial charge in [-0.15, -0.1) is 0 Å². The molecule has 1 amide bonds. The first-order valence-corrected chi connectivity index (χ1v) is 11.6. The standard InChI is InChI=1S/C18H35NO.C6H14/c1-2-3-4-5-6-7-8-9-10-11-12-13-14-15-16-17-18(19)20;1-3-5-6-4-2/h9-10H,2-8,11-17H2,1H3,(H2,19,20);3-6H2,1-2H3/b10-9-;. The van der Waals surface area contributed by atoms with Gasteiger partial charge in [0.1, 0.15) is 0 Å². The molecular weight excluding hydrogens is 318 g/mol. The zero-order chi connectivity index (χ0) is 19.7. The zero-order valence-corrected chi connectivity index (χ0v) is 18.4. The van der Waals surface area contributed by atoms with E-state index in [2.05, 4.69) is 32.9 Å². The Hall–Kier alpha value is -0.790. The van der Waals surface area contributed by atoms with Crippen molar-refractivity contribution in [2.45, 2.75) is 136 Å². The molecule has 0 saturated heterocycles. The van der Waals surface area contributed by atoms with Gasteiger partial charge >= 0.3 is 0 Å². The van der Waals surface area contributed by atoms with Crippen LogP contribution in [0.1, 0.15) is 136 Å². The van der Waals surface area contributed by atoms with E-state index in [9.17, 15) is 4.79 Å². The van der Waals surface area contributed by atoms with Crippen LogP contribution in [0.15, 0.2) is 12.2 Å². The van der Waals surface area contributed by atoms with Gasteiger partial charge in [0.05, 0.1) is 0 Å². The second kappa shape index (κ2) is 26.4. The number of amides is 1. The van der Waals surface area contributed by atoms with Gasteiger partial charge in [0.25, 0.3) is 0 Å². The summed E-state index contributed by atoms with van der Waals surface area (Å²) in [7, 11) is 0. The quantitative estimate of drug-likeness (QED) is 0.193. The molecule has 0 aliphatic rings. The molecule has 0 unspecified atom stereocenters. The van der Waals surface area contributed by atoms with Gasteiger partial charge in [-0.25, -0.2) is 0 Å². The van der Waals surface area contributed by atoms with Crippen LogP contribution in [0.2, 0.25) is 0 Å². The van der Waals surface area contributed by atoms with Gasteiger partial charge < -0.3 is 5.73 Å². The van der Waals surface area contributed by atoms with E-state index in [1.54, 1.807) is 0 Å². The molecule has 0 heterocycles. The lowest BCUT2D eigenvalue weighted by Crippen LogP contribution is -2.09. The number of hydrogen-bond donors (Lipinski definition) is 1. The fraction of sp³-hybridized carbons (Fsp3) is 0.875. The number of allylic oxidation sites excluding steroid dienone is 2. The summed E-state index contributed by atoms with van der Waals surface area (Å²) in [4.78, 5) is 10.5. The van der Waals surface area contributed by atoms with E-state index in [1.165, 1.54) is 96.3 Å². The van der Waals surface area contributed by atoms with Crippen LogP contribution >= 0.6 is 0 Å². The minimum absolute atomic E-state index is 0.164. The van der Waals surface area contributed by atoms with Gasteiger partial charge in [0, 0.05) is 6.42 Å². The first-order chi connectivity index (χ1) is 12.7. The summed E-state index contributed by atoms with van der Waals surface area (Å²) in [5.74, 6) is -0.164. The van der Waals surface area contributed by atoms with Gasteiger partial charge in [-0.1, -0.05) is 110 Å². The van der Waals surface area contributed by atoms with E-state index < -0.39 is 0 Å². The Morgan fingerprint density at radius 2 is 0.923 bits per heavy atom.